The number of benzene rings is 1. The Morgan fingerprint density at radius 3 is 3.04 bits per heavy atom. The molecule has 0 spiro atoms. The molecule has 2 aromatic rings. The van der Waals surface area contributed by atoms with E-state index in [0.717, 1.165) is 0 Å². The number of amides is 2. The number of rotatable bonds is 6. The first-order valence-corrected chi connectivity index (χ1v) is 8.30. The summed E-state index contributed by atoms with van der Waals surface area (Å²) in [5.74, 6) is -0.566. The normalized spacial score (nSPS) is 20.1. The van der Waals surface area contributed by atoms with Gasteiger partial charge in [-0.05, 0) is 18.1 Å². The molecule has 2 heterocycles. The summed E-state index contributed by atoms with van der Waals surface area (Å²) in [7, 11) is 0. The summed E-state index contributed by atoms with van der Waals surface area (Å²) >= 11 is 6.20. The van der Waals surface area contributed by atoms with Gasteiger partial charge in [-0.25, -0.2) is 0 Å². The third kappa shape index (κ3) is 4.34. The third-order valence-corrected chi connectivity index (χ3v) is 4.19. The van der Waals surface area contributed by atoms with Crippen LogP contribution in [-0.4, -0.2) is 46.1 Å². The number of nitrogens with one attached hydrogen (secondary N) is 2. The van der Waals surface area contributed by atoms with Gasteiger partial charge < -0.3 is 15.4 Å². The molecular formula is C16H18ClN5O3. The Morgan fingerprint density at radius 2 is 2.28 bits per heavy atom. The van der Waals surface area contributed by atoms with Crippen molar-refractivity contribution in [2.75, 3.05) is 13.2 Å². The van der Waals surface area contributed by atoms with Crippen LogP contribution in [0.15, 0.2) is 36.7 Å². The highest BCUT2D eigenvalue weighted by Crippen LogP contribution is 2.28. The molecule has 1 fully saturated rings. The first-order valence-electron chi connectivity index (χ1n) is 7.92. The van der Waals surface area contributed by atoms with Gasteiger partial charge in [0.25, 0.3) is 5.91 Å². The van der Waals surface area contributed by atoms with Gasteiger partial charge in [0.2, 0.25) is 5.91 Å². The van der Waals surface area contributed by atoms with Crippen LogP contribution in [0.2, 0.25) is 5.02 Å². The Balaban J connectivity index is 1.60. The minimum atomic E-state index is -0.830. The number of hydrogen-bond acceptors (Lipinski definition) is 5. The number of aromatic nitrogens is 3. The van der Waals surface area contributed by atoms with E-state index in [1.54, 1.807) is 41.3 Å². The summed E-state index contributed by atoms with van der Waals surface area (Å²) in [6.45, 7) is 0.955. The smallest absolute Gasteiger partial charge is 0.251 e. The molecular weight excluding hydrogens is 346 g/mol. The minimum Gasteiger partial charge on any atom is -0.356 e. The van der Waals surface area contributed by atoms with Crippen LogP contribution < -0.4 is 10.6 Å². The Kier molecular flexibility index (Phi) is 5.62. The summed E-state index contributed by atoms with van der Waals surface area (Å²) in [6, 6.07) is 6.45. The van der Waals surface area contributed by atoms with Gasteiger partial charge in [-0.2, -0.15) is 0 Å². The number of morpholine rings is 1. The third-order valence-electron chi connectivity index (χ3n) is 3.85. The largest absolute Gasteiger partial charge is 0.356 e. The number of carbonyl (C=O) groups is 2. The lowest BCUT2D eigenvalue weighted by atomic mass is 9.99. The molecule has 0 bridgehead atoms. The second-order valence-electron chi connectivity index (χ2n) is 5.61. The average Bonchev–Trinajstić information content (AvgIpc) is 3.12. The number of carbonyl (C=O) groups excluding carboxylic acids is 2. The van der Waals surface area contributed by atoms with E-state index >= 15 is 0 Å². The Labute approximate surface area is 149 Å². The molecule has 1 aromatic carbocycles. The maximum atomic E-state index is 12.5. The van der Waals surface area contributed by atoms with Crippen LogP contribution in [0.5, 0.6) is 0 Å². The van der Waals surface area contributed by atoms with Crippen molar-refractivity contribution in [3.63, 3.8) is 0 Å². The molecule has 0 aliphatic carbocycles. The Morgan fingerprint density at radius 1 is 1.44 bits per heavy atom. The van der Waals surface area contributed by atoms with E-state index in [9.17, 15) is 9.59 Å². The van der Waals surface area contributed by atoms with Gasteiger partial charge in [-0.15, -0.1) is 5.10 Å². The summed E-state index contributed by atoms with van der Waals surface area (Å²) in [6.07, 6.45) is 3.23. The molecule has 2 unspecified atom stereocenters. The van der Waals surface area contributed by atoms with Crippen LogP contribution in [0.25, 0.3) is 0 Å². The van der Waals surface area contributed by atoms with Crippen LogP contribution in [0.3, 0.4) is 0 Å². The van der Waals surface area contributed by atoms with Gasteiger partial charge in [0, 0.05) is 24.3 Å². The van der Waals surface area contributed by atoms with Crippen molar-refractivity contribution in [1.29, 1.82) is 0 Å². The summed E-state index contributed by atoms with van der Waals surface area (Å²) < 4.78 is 7.16. The van der Waals surface area contributed by atoms with Gasteiger partial charge in [0.05, 0.1) is 12.2 Å². The van der Waals surface area contributed by atoms with Gasteiger partial charge in [0.15, 0.2) is 6.10 Å². The van der Waals surface area contributed by atoms with Crippen molar-refractivity contribution < 1.29 is 14.3 Å². The average molecular weight is 364 g/mol. The number of hydrogen-bond donors (Lipinski definition) is 2. The van der Waals surface area contributed by atoms with E-state index < -0.39 is 12.1 Å². The van der Waals surface area contributed by atoms with Crippen LogP contribution in [0.4, 0.5) is 0 Å². The lowest BCUT2D eigenvalue weighted by Crippen LogP contribution is -2.52. The quantitative estimate of drug-likeness (QED) is 0.736. The number of aryl methyl sites for hydroxylation is 1. The number of halogens is 1. The van der Waals surface area contributed by atoms with E-state index in [1.807, 2.05) is 0 Å². The predicted molar refractivity (Wildman–Crippen MR) is 89.7 cm³/mol. The minimum absolute atomic E-state index is 0.155. The maximum absolute atomic E-state index is 12.5. The zero-order valence-corrected chi connectivity index (χ0v) is 14.1. The number of nitrogens with zero attached hydrogens (tertiary/aromatic N) is 3. The fourth-order valence-corrected chi connectivity index (χ4v) is 2.91. The van der Waals surface area contributed by atoms with Gasteiger partial charge in [-0.3, -0.25) is 14.3 Å². The van der Waals surface area contributed by atoms with Crippen LogP contribution in [0, 0.1) is 0 Å². The van der Waals surface area contributed by atoms with E-state index in [1.165, 1.54) is 0 Å². The highest BCUT2D eigenvalue weighted by molar-refractivity contribution is 6.31. The summed E-state index contributed by atoms with van der Waals surface area (Å²) in [5, 5.41) is 13.7. The van der Waals surface area contributed by atoms with E-state index in [4.69, 9.17) is 16.3 Å². The fraction of sp³-hybridized carbons (Fsp3) is 0.375. The summed E-state index contributed by atoms with van der Waals surface area (Å²) in [5.41, 5.74) is 0.653. The van der Waals surface area contributed by atoms with Gasteiger partial charge >= 0.3 is 0 Å². The van der Waals surface area contributed by atoms with Crippen molar-refractivity contribution >= 4 is 23.4 Å². The molecule has 2 amide bonds. The SMILES string of the molecule is O=C1COC(C(=O)NCCCn2ccnn2)C(c2ccccc2Cl)N1. The van der Waals surface area contributed by atoms with Gasteiger partial charge in [0.1, 0.15) is 6.61 Å². The molecule has 1 aliphatic heterocycles. The predicted octanol–water partition coefficient (Wildman–Crippen LogP) is 0.694. The van der Waals surface area contributed by atoms with Crippen molar-refractivity contribution in [3.8, 4) is 0 Å². The molecule has 0 radical (unpaired) electrons. The van der Waals surface area contributed by atoms with Crippen molar-refractivity contribution in [3.05, 3.63) is 47.2 Å². The van der Waals surface area contributed by atoms with Crippen LogP contribution >= 0.6 is 11.6 Å². The monoisotopic (exact) mass is 363 g/mol. The zero-order chi connectivity index (χ0) is 17.6. The van der Waals surface area contributed by atoms with Crippen molar-refractivity contribution in [2.24, 2.45) is 0 Å². The molecule has 2 atom stereocenters. The molecule has 25 heavy (non-hydrogen) atoms. The Bertz CT molecular complexity index is 737. The maximum Gasteiger partial charge on any atom is 0.251 e. The Hall–Kier alpha value is -2.45. The number of ether oxygens (including phenoxy) is 1. The van der Waals surface area contributed by atoms with E-state index in [2.05, 4.69) is 20.9 Å². The van der Waals surface area contributed by atoms with Crippen molar-refractivity contribution in [2.45, 2.75) is 25.1 Å². The molecule has 1 aliphatic rings. The molecule has 1 aromatic heterocycles. The topological polar surface area (TPSA) is 98.1 Å². The molecule has 9 heteroatoms. The van der Waals surface area contributed by atoms with E-state index in [-0.39, 0.29) is 18.4 Å². The first kappa shape index (κ1) is 17.4. The summed E-state index contributed by atoms with van der Waals surface area (Å²) in [4.78, 5) is 24.2. The van der Waals surface area contributed by atoms with E-state index in [0.29, 0.717) is 30.1 Å². The first-order chi connectivity index (χ1) is 12.1. The molecule has 8 nitrogen and oxygen atoms in total. The molecule has 132 valence electrons. The van der Waals surface area contributed by atoms with Crippen LogP contribution in [0.1, 0.15) is 18.0 Å². The second kappa shape index (κ2) is 8.09. The lowest BCUT2D eigenvalue weighted by Gasteiger charge is -2.32. The lowest BCUT2D eigenvalue weighted by molar-refractivity contribution is -0.148. The molecule has 0 saturated carbocycles. The van der Waals surface area contributed by atoms with Gasteiger partial charge in [-0.1, -0.05) is 35.0 Å². The van der Waals surface area contributed by atoms with Crippen molar-refractivity contribution in [1.82, 2.24) is 25.6 Å². The molecule has 3 rings (SSSR count). The van der Waals surface area contributed by atoms with Crippen LogP contribution in [-0.2, 0) is 20.9 Å². The zero-order valence-electron chi connectivity index (χ0n) is 13.4. The highest BCUT2D eigenvalue weighted by Gasteiger charge is 2.36. The standard InChI is InChI=1S/C16H18ClN5O3/c17-12-5-2-1-4-11(12)14-15(25-10-13(23)20-14)16(24)18-6-3-8-22-9-7-19-21-22/h1-2,4-5,7,9,14-15H,3,6,8,10H2,(H,18,24)(H,20,23). The molecule has 1 saturated heterocycles. The second-order valence-corrected chi connectivity index (χ2v) is 6.02. The highest BCUT2D eigenvalue weighted by atomic mass is 35.5. The fourth-order valence-electron chi connectivity index (χ4n) is 2.65. The molecule has 2 N–H and O–H groups in total.